The van der Waals surface area contributed by atoms with Crippen LogP contribution in [0.2, 0.25) is 0 Å². The maximum Gasteiger partial charge on any atom is -0.000719 e. The van der Waals surface area contributed by atoms with Crippen molar-refractivity contribution in [2.24, 2.45) is 0 Å². The van der Waals surface area contributed by atoms with Gasteiger partial charge in [-0.15, -0.1) is 0 Å². The Morgan fingerprint density at radius 2 is 0.759 bits per heavy atom. The molecule has 0 amide bonds. The zero-order valence-electron chi connectivity index (χ0n) is 30.3. The molecular weight excluding hydrogens is 649 g/mol. The highest BCUT2D eigenvalue weighted by molar-refractivity contribution is 6.33. The molecule has 0 bridgehead atoms. The predicted octanol–water partition coefficient (Wildman–Crippen LogP) is 15.2. The molecule has 0 spiro atoms. The van der Waals surface area contributed by atoms with Crippen LogP contribution in [-0.2, 0) is 0 Å². The molecule has 1 aliphatic carbocycles. The lowest BCUT2D eigenvalue weighted by atomic mass is 9.81. The summed E-state index contributed by atoms with van der Waals surface area (Å²) < 4.78 is 0. The van der Waals surface area contributed by atoms with Crippen molar-refractivity contribution in [1.29, 1.82) is 0 Å². The molecule has 0 atom stereocenters. The van der Waals surface area contributed by atoms with E-state index < -0.39 is 0 Å². The summed E-state index contributed by atoms with van der Waals surface area (Å²) in [5.41, 5.74) is 18.1. The lowest BCUT2D eigenvalue weighted by Gasteiger charge is -2.22. The fourth-order valence-electron chi connectivity index (χ4n) is 9.58. The van der Waals surface area contributed by atoms with E-state index in [1.165, 1.54) is 121 Å². The molecule has 252 valence electrons. The van der Waals surface area contributed by atoms with Gasteiger partial charge < -0.3 is 0 Å². The molecule has 0 N–H and O–H groups in total. The fraction of sp³-hybridized carbons (Fsp3) is 0.0370. The average Bonchev–Trinajstić information content (AvgIpc) is 3.54. The van der Waals surface area contributed by atoms with Gasteiger partial charge in [0.15, 0.2) is 0 Å². The normalized spacial score (nSPS) is 11.9. The Hall–Kier alpha value is -6.76. The van der Waals surface area contributed by atoms with E-state index in [0.29, 0.717) is 0 Å². The van der Waals surface area contributed by atoms with Crippen molar-refractivity contribution in [3.8, 4) is 66.8 Å². The first kappa shape index (κ1) is 30.8. The van der Waals surface area contributed by atoms with E-state index in [-0.39, 0.29) is 0 Å². The number of rotatable bonds is 4. The van der Waals surface area contributed by atoms with Crippen LogP contribution in [0, 0.1) is 13.8 Å². The molecule has 0 fully saturated rings. The van der Waals surface area contributed by atoms with Gasteiger partial charge in [-0.3, -0.25) is 0 Å². The largest absolute Gasteiger partial charge is 0.0622 e. The zero-order chi connectivity index (χ0) is 35.9. The number of hydrogen-bond acceptors (Lipinski definition) is 0. The molecule has 1 aliphatic rings. The molecule has 0 heteroatoms. The molecule has 0 nitrogen and oxygen atoms in total. The van der Waals surface area contributed by atoms with Crippen molar-refractivity contribution < 1.29 is 0 Å². The van der Waals surface area contributed by atoms with E-state index in [2.05, 4.69) is 196 Å². The van der Waals surface area contributed by atoms with Gasteiger partial charge in [-0.2, -0.15) is 0 Å². The second-order valence-corrected chi connectivity index (χ2v) is 14.8. The molecule has 0 aromatic heterocycles. The maximum atomic E-state index is 2.52. The van der Waals surface area contributed by atoms with Crippen LogP contribution in [0.25, 0.3) is 110 Å². The third-order valence-corrected chi connectivity index (χ3v) is 11.8. The van der Waals surface area contributed by atoms with Crippen molar-refractivity contribution >= 4 is 43.1 Å². The van der Waals surface area contributed by atoms with E-state index in [4.69, 9.17) is 0 Å². The van der Waals surface area contributed by atoms with Gasteiger partial charge in [-0.05, 0) is 153 Å². The second-order valence-electron chi connectivity index (χ2n) is 14.8. The van der Waals surface area contributed by atoms with Crippen molar-refractivity contribution in [3.05, 3.63) is 193 Å². The van der Waals surface area contributed by atoms with E-state index in [9.17, 15) is 0 Å². The van der Waals surface area contributed by atoms with Crippen LogP contribution in [0.4, 0.5) is 0 Å². The van der Waals surface area contributed by atoms with Crippen LogP contribution in [0.15, 0.2) is 182 Å². The smallest absolute Gasteiger partial charge is 0.000719 e. The lowest BCUT2D eigenvalue weighted by molar-refractivity contribution is 1.38. The molecule has 0 saturated carbocycles. The summed E-state index contributed by atoms with van der Waals surface area (Å²) in [6.45, 7) is 4.47. The third kappa shape index (κ3) is 4.44. The Kier molecular flexibility index (Phi) is 6.78. The Morgan fingerprint density at radius 3 is 1.44 bits per heavy atom. The summed E-state index contributed by atoms with van der Waals surface area (Å²) in [5.74, 6) is 0. The van der Waals surface area contributed by atoms with Gasteiger partial charge in [0, 0.05) is 0 Å². The molecule has 0 unspecified atom stereocenters. The summed E-state index contributed by atoms with van der Waals surface area (Å²) in [7, 11) is 0. The Labute approximate surface area is 315 Å². The van der Waals surface area contributed by atoms with E-state index in [0.717, 1.165) is 0 Å². The number of fused-ring (bicyclic) bond motifs is 8. The molecule has 10 aromatic carbocycles. The van der Waals surface area contributed by atoms with Crippen LogP contribution in [0.3, 0.4) is 0 Å². The van der Waals surface area contributed by atoms with Crippen LogP contribution in [-0.4, -0.2) is 0 Å². The zero-order valence-corrected chi connectivity index (χ0v) is 30.3. The Morgan fingerprint density at radius 1 is 0.241 bits per heavy atom. The van der Waals surface area contributed by atoms with Crippen molar-refractivity contribution in [2.75, 3.05) is 0 Å². The van der Waals surface area contributed by atoms with Gasteiger partial charge >= 0.3 is 0 Å². The van der Waals surface area contributed by atoms with E-state index in [1.54, 1.807) is 0 Å². The number of benzene rings is 10. The summed E-state index contributed by atoms with van der Waals surface area (Å²) in [6, 6.07) is 67.8. The van der Waals surface area contributed by atoms with Gasteiger partial charge in [0.2, 0.25) is 0 Å². The van der Waals surface area contributed by atoms with Crippen molar-refractivity contribution in [1.82, 2.24) is 0 Å². The van der Waals surface area contributed by atoms with Crippen LogP contribution < -0.4 is 0 Å². The second kappa shape index (κ2) is 11.9. The molecule has 0 saturated heterocycles. The maximum absolute atomic E-state index is 2.52. The Bertz CT molecular complexity index is 3110. The van der Waals surface area contributed by atoms with E-state index in [1.807, 2.05) is 0 Å². The minimum Gasteiger partial charge on any atom is -0.0622 e. The van der Waals surface area contributed by atoms with Crippen molar-refractivity contribution in [3.63, 3.8) is 0 Å². The number of aryl methyl sites for hydroxylation is 2. The van der Waals surface area contributed by atoms with Crippen LogP contribution in [0.5, 0.6) is 0 Å². The highest BCUT2D eigenvalue weighted by Crippen LogP contribution is 2.59. The molecule has 11 rings (SSSR count). The first-order chi connectivity index (χ1) is 26.7. The van der Waals surface area contributed by atoms with Crippen LogP contribution in [0.1, 0.15) is 11.1 Å². The summed E-state index contributed by atoms with van der Waals surface area (Å²) in [4.78, 5) is 0. The SMILES string of the molecule is Cc1cccc(C)c1-c1ccc2c(-c3ccccc3)c3c(c(-c4ccccc4)c2c1)-c1cccc2c1c-3cc1c3ccccc3c(-c3ccccc3)cc21. The van der Waals surface area contributed by atoms with Gasteiger partial charge in [0.05, 0.1) is 0 Å². The summed E-state index contributed by atoms with van der Waals surface area (Å²) in [6.07, 6.45) is 0. The quantitative estimate of drug-likeness (QED) is 0.162. The van der Waals surface area contributed by atoms with Crippen molar-refractivity contribution in [2.45, 2.75) is 13.8 Å². The molecule has 0 radical (unpaired) electrons. The Balaban J connectivity index is 1.34. The minimum absolute atomic E-state index is 1.24. The monoisotopic (exact) mass is 684 g/mol. The predicted molar refractivity (Wildman–Crippen MR) is 232 cm³/mol. The summed E-state index contributed by atoms with van der Waals surface area (Å²) in [5, 5.41) is 10.4. The third-order valence-electron chi connectivity index (χ3n) is 11.8. The first-order valence-electron chi connectivity index (χ1n) is 18.9. The molecule has 0 aliphatic heterocycles. The standard InChI is InChI=1S/C54H36/c1-33-16-14-17-34(2)49(33)38-28-29-42-47(30-38)51(37-22-10-5-11-23-37)53-43-27-15-26-41-46-31-44(35-18-6-3-7-19-35)39-24-12-13-25-40(39)45(46)32-48(52(41)43)54(53)50(42)36-20-8-4-9-21-36/h3-32H,1-2H3. The van der Waals surface area contributed by atoms with Gasteiger partial charge in [0.1, 0.15) is 0 Å². The van der Waals surface area contributed by atoms with E-state index >= 15 is 0 Å². The van der Waals surface area contributed by atoms with Gasteiger partial charge in [-0.25, -0.2) is 0 Å². The number of hydrogen-bond donors (Lipinski definition) is 0. The molecule has 0 heterocycles. The highest BCUT2D eigenvalue weighted by atomic mass is 14.3. The summed E-state index contributed by atoms with van der Waals surface area (Å²) >= 11 is 0. The topological polar surface area (TPSA) is 0 Å². The minimum atomic E-state index is 1.24. The van der Waals surface area contributed by atoms with Gasteiger partial charge in [-0.1, -0.05) is 164 Å². The average molecular weight is 685 g/mol. The molecule has 54 heavy (non-hydrogen) atoms. The van der Waals surface area contributed by atoms with Crippen LogP contribution >= 0.6 is 0 Å². The fourth-order valence-corrected chi connectivity index (χ4v) is 9.58. The highest BCUT2D eigenvalue weighted by Gasteiger charge is 2.32. The van der Waals surface area contributed by atoms with Gasteiger partial charge in [0.25, 0.3) is 0 Å². The first-order valence-corrected chi connectivity index (χ1v) is 18.9. The molecular formula is C54H36. The molecule has 10 aromatic rings. The lowest BCUT2D eigenvalue weighted by Crippen LogP contribution is -1.95.